The van der Waals surface area contributed by atoms with Gasteiger partial charge in [-0.2, -0.15) is 0 Å². The maximum Gasteiger partial charge on any atom is 0.243 e. The predicted octanol–water partition coefficient (Wildman–Crippen LogP) is 2.41. The van der Waals surface area contributed by atoms with Crippen LogP contribution >= 0.6 is 0 Å². The Kier molecular flexibility index (Phi) is 2.85. The van der Waals surface area contributed by atoms with Gasteiger partial charge in [-0.1, -0.05) is 36.4 Å². The first kappa shape index (κ1) is 14.0. The lowest BCUT2D eigenvalue weighted by Crippen LogP contribution is -2.59. The van der Waals surface area contributed by atoms with Gasteiger partial charge in [-0.3, -0.25) is 9.59 Å². The van der Waals surface area contributed by atoms with Gasteiger partial charge in [-0.15, -0.1) is 0 Å². The third kappa shape index (κ3) is 1.78. The van der Waals surface area contributed by atoms with Crippen LogP contribution in [-0.4, -0.2) is 25.9 Å². The summed E-state index contributed by atoms with van der Waals surface area (Å²) in [5.41, 5.74) is 2.88. The Bertz CT molecular complexity index is 758. The highest BCUT2D eigenvalue weighted by Gasteiger charge is 2.54. The quantitative estimate of drug-likeness (QED) is 0.701. The second kappa shape index (κ2) is 4.69. The van der Waals surface area contributed by atoms with Crippen molar-refractivity contribution in [1.82, 2.24) is 0 Å². The van der Waals surface area contributed by atoms with Crippen LogP contribution in [0.3, 0.4) is 0 Å². The van der Waals surface area contributed by atoms with Crippen LogP contribution in [0.4, 0.5) is 11.4 Å². The fourth-order valence-electron chi connectivity index (χ4n) is 3.94. The van der Waals surface area contributed by atoms with Gasteiger partial charge in [0.25, 0.3) is 0 Å². The molecule has 0 saturated heterocycles. The second-order valence-electron chi connectivity index (χ2n) is 6.42. The number of para-hydroxylation sites is 2. The minimum absolute atomic E-state index is 0.109. The largest absolute Gasteiger partial charge is 0.314 e. The summed E-state index contributed by atoms with van der Waals surface area (Å²) in [5, 5.41) is 0. The molecule has 0 bridgehead atoms. The van der Waals surface area contributed by atoms with Crippen LogP contribution in [0, 0.1) is 5.41 Å². The summed E-state index contributed by atoms with van der Waals surface area (Å²) in [4.78, 5) is 29.5. The van der Waals surface area contributed by atoms with E-state index in [-0.39, 0.29) is 11.8 Å². The summed E-state index contributed by atoms with van der Waals surface area (Å²) in [6.45, 7) is 0. The summed E-state index contributed by atoms with van der Waals surface area (Å²) < 4.78 is 0. The zero-order valence-corrected chi connectivity index (χ0v) is 13.2. The van der Waals surface area contributed by atoms with Gasteiger partial charge in [0.05, 0.1) is 0 Å². The summed E-state index contributed by atoms with van der Waals surface area (Å²) in [6.07, 6.45) is 0.924. The zero-order chi connectivity index (χ0) is 16.2. The lowest BCUT2D eigenvalue weighted by Gasteiger charge is -2.45. The Morgan fingerprint density at radius 3 is 1.57 bits per heavy atom. The molecule has 2 amide bonds. The molecule has 2 aromatic rings. The topological polar surface area (TPSA) is 40.6 Å². The predicted molar refractivity (Wildman–Crippen MR) is 89.5 cm³/mol. The van der Waals surface area contributed by atoms with Crippen molar-refractivity contribution in [3.8, 4) is 0 Å². The molecule has 4 heteroatoms. The standard InChI is InChI=1S/C19H18N2O2/c1-20-15-9-5-3-7-13(15)11-19(17(20)22)12-14-8-4-6-10-16(14)21(2)18(19)23/h3-10H,11-12H2,1-2H3. The number of hydrogen-bond donors (Lipinski definition) is 0. The average molecular weight is 306 g/mol. The molecule has 23 heavy (non-hydrogen) atoms. The monoisotopic (exact) mass is 306 g/mol. The van der Waals surface area contributed by atoms with Crippen LogP contribution in [0.25, 0.3) is 0 Å². The van der Waals surface area contributed by atoms with Gasteiger partial charge in [-0.05, 0) is 36.1 Å². The fourth-order valence-corrected chi connectivity index (χ4v) is 3.94. The molecule has 0 N–H and O–H groups in total. The number of rotatable bonds is 0. The number of carbonyl (C=O) groups excluding carboxylic acids is 2. The minimum Gasteiger partial charge on any atom is -0.314 e. The minimum atomic E-state index is -1.02. The summed E-state index contributed by atoms with van der Waals surface area (Å²) in [7, 11) is 3.52. The van der Waals surface area contributed by atoms with Crippen molar-refractivity contribution < 1.29 is 9.59 Å². The van der Waals surface area contributed by atoms with E-state index in [9.17, 15) is 9.59 Å². The zero-order valence-electron chi connectivity index (χ0n) is 13.2. The average Bonchev–Trinajstić information content (AvgIpc) is 2.58. The fraction of sp³-hybridized carbons (Fsp3) is 0.263. The Hall–Kier alpha value is -2.62. The summed E-state index contributed by atoms with van der Waals surface area (Å²) >= 11 is 0. The Morgan fingerprint density at radius 1 is 0.739 bits per heavy atom. The van der Waals surface area contributed by atoms with Crippen LogP contribution in [0.1, 0.15) is 11.1 Å². The van der Waals surface area contributed by atoms with Crippen molar-refractivity contribution in [1.29, 1.82) is 0 Å². The lowest BCUT2D eigenvalue weighted by molar-refractivity contribution is -0.141. The molecular formula is C19H18N2O2. The van der Waals surface area contributed by atoms with Crippen molar-refractivity contribution in [3.63, 3.8) is 0 Å². The van der Waals surface area contributed by atoms with Crippen LogP contribution in [-0.2, 0) is 22.4 Å². The highest BCUT2D eigenvalue weighted by molar-refractivity contribution is 6.19. The molecule has 4 rings (SSSR count). The normalized spacial score (nSPS) is 18.9. The number of nitrogens with zero attached hydrogens (tertiary/aromatic N) is 2. The number of anilines is 2. The SMILES string of the molecule is CN1C(=O)C2(Cc3ccccc31)Cc1ccccc1N(C)C2=O. The number of benzene rings is 2. The first-order valence-electron chi connectivity index (χ1n) is 7.77. The van der Waals surface area contributed by atoms with E-state index in [1.165, 1.54) is 0 Å². The van der Waals surface area contributed by atoms with Gasteiger partial charge in [0.2, 0.25) is 11.8 Å². The van der Waals surface area contributed by atoms with E-state index >= 15 is 0 Å². The molecular weight excluding hydrogens is 288 g/mol. The van der Waals surface area contributed by atoms with E-state index in [1.54, 1.807) is 23.9 Å². The Balaban J connectivity index is 1.89. The molecule has 0 atom stereocenters. The third-order valence-corrected chi connectivity index (χ3v) is 5.12. The number of hydrogen-bond acceptors (Lipinski definition) is 2. The molecule has 2 aromatic carbocycles. The van der Waals surface area contributed by atoms with E-state index in [4.69, 9.17) is 0 Å². The van der Waals surface area contributed by atoms with Crippen molar-refractivity contribution in [2.45, 2.75) is 12.8 Å². The molecule has 0 unspecified atom stereocenters. The van der Waals surface area contributed by atoms with E-state index < -0.39 is 5.41 Å². The maximum absolute atomic E-state index is 13.1. The van der Waals surface area contributed by atoms with Crippen LogP contribution in [0.2, 0.25) is 0 Å². The van der Waals surface area contributed by atoms with Gasteiger partial charge in [-0.25, -0.2) is 0 Å². The van der Waals surface area contributed by atoms with Gasteiger partial charge in [0.1, 0.15) is 5.41 Å². The summed E-state index contributed by atoms with van der Waals surface area (Å²) in [6, 6.07) is 15.6. The van der Waals surface area contributed by atoms with Gasteiger partial charge in [0, 0.05) is 25.5 Å². The molecule has 116 valence electrons. The first-order valence-corrected chi connectivity index (χ1v) is 7.77. The van der Waals surface area contributed by atoms with Gasteiger partial charge >= 0.3 is 0 Å². The number of amides is 2. The van der Waals surface area contributed by atoms with Gasteiger partial charge in [0.15, 0.2) is 0 Å². The molecule has 0 aliphatic carbocycles. The smallest absolute Gasteiger partial charge is 0.243 e. The van der Waals surface area contributed by atoms with Crippen LogP contribution < -0.4 is 9.80 Å². The highest BCUT2D eigenvalue weighted by atomic mass is 16.2. The van der Waals surface area contributed by atoms with E-state index in [0.29, 0.717) is 12.8 Å². The lowest BCUT2D eigenvalue weighted by atomic mass is 9.69. The Morgan fingerprint density at radius 2 is 1.13 bits per heavy atom. The third-order valence-electron chi connectivity index (χ3n) is 5.12. The van der Waals surface area contributed by atoms with Crippen molar-refractivity contribution in [2.75, 3.05) is 23.9 Å². The molecule has 0 aromatic heterocycles. The van der Waals surface area contributed by atoms with Crippen LogP contribution in [0.5, 0.6) is 0 Å². The van der Waals surface area contributed by atoms with Crippen molar-refractivity contribution in [2.24, 2.45) is 5.41 Å². The molecule has 2 heterocycles. The van der Waals surface area contributed by atoms with Crippen molar-refractivity contribution >= 4 is 23.2 Å². The highest BCUT2D eigenvalue weighted by Crippen LogP contribution is 2.45. The molecule has 2 aliphatic heterocycles. The number of fused-ring (bicyclic) bond motifs is 2. The molecule has 0 fully saturated rings. The van der Waals surface area contributed by atoms with Crippen LogP contribution in [0.15, 0.2) is 48.5 Å². The molecule has 4 nitrogen and oxygen atoms in total. The van der Waals surface area contributed by atoms with E-state index in [1.807, 2.05) is 48.5 Å². The first-order chi connectivity index (χ1) is 11.0. The van der Waals surface area contributed by atoms with E-state index in [0.717, 1.165) is 22.5 Å². The van der Waals surface area contributed by atoms with E-state index in [2.05, 4.69) is 0 Å². The molecule has 0 saturated carbocycles. The molecule has 2 aliphatic rings. The van der Waals surface area contributed by atoms with Crippen molar-refractivity contribution in [3.05, 3.63) is 59.7 Å². The Labute approximate surface area is 135 Å². The second-order valence-corrected chi connectivity index (χ2v) is 6.42. The maximum atomic E-state index is 13.1. The molecule has 1 spiro atoms. The van der Waals surface area contributed by atoms with Gasteiger partial charge < -0.3 is 9.80 Å². The number of carbonyl (C=O) groups is 2. The molecule has 0 radical (unpaired) electrons. The summed E-state index contributed by atoms with van der Waals surface area (Å²) in [5.74, 6) is -0.217.